The summed E-state index contributed by atoms with van der Waals surface area (Å²) in [4.78, 5) is 25.0. The van der Waals surface area contributed by atoms with Crippen LogP contribution in [0.25, 0.3) is 0 Å². The van der Waals surface area contributed by atoms with Crippen LogP contribution in [0.3, 0.4) is 0 Å². The molecule has 1 atom stereocenters. The highest BCUT2D eigenvalue weighted by molar-refractivity contribution is 6.34. The van der Waals surface area contributed by atoms with Gasteiger partial charge in [0.1, 0.15) is 5.82 Å². The molecule has 2 fully saturated rings. The average Bonchev–Trinajstić information content (AvgIpc) is 3.16. The first-order valence-corrected chi connectivity index (χ1v) is 7.28. The molecule has 1 unspecified atom stereocenters. The molecule has 1 aromatic carbocycles. The van der Waals surface area contributed by atoms with Crippen LogP contribution >= 0.6 is 11.6 Å². The summed E-state index contributed by atoms with van der Waals surface area (Å²) in [6, 6.07) is 4.18. The van der Waals surface area contributed by atoms with Gasteiger partial charge in [-0.15, -0.1) is 0 Å². The van der Waals surface area contributed by atoms with E-state index in [-0.39, 0.29) is 27.8 Å². The smallest absolute Gasteiger partial charge is 0.307 e. The zero-order valence-electron chi connectivity index (χ0n) is 11.3. The Morgan fingerprint density at radius 2 is 2.00 bits per heavy atom. The molecule has 6 heteroatoms. The third-order valence-corrected chi connectivity index (χ3v) is 5.10. The van der Waals surface area contributed by atoms with Crippen LogP contribution in [0, 0.1) is 17.2 Å². The van der Waals surface area contributed by atoms with E-state index in [9.17, 15) is 14.0 Å². The molecule has 1 spiro atoms. The number of hydrogen-bond donors (Lipinski definition) is 1. The minimum atomic E-state index is -0.747. The Morgan fingerprint density at radius 3 is 2.57 bits per heavy atom. The molecule has 112 valence electrons. The van der Waals surface area contributed by atoms with Gasteiger partial charge in [-0.05, 0) is 36.8 Å². The monoisotopic (exact) mass is 311 g/mol. The number of benzene rings is 1. The molecular formula is C15H15ClFNO3. The van der Waals surface area contributed by atoms with E-state index in [0.29, 0.717) is 32.4 Å². The second-order valence-corrected chi connectivity index (χ2v) is 6.23. The lowest BCUT2D eigenvalue weighted by atomic mass is 9.90. The van der Waals surface area contributed by atoms with E-state index < -0.39 is 11.8 Å². The van der Waals surface area contributed by atoms with Crippen LogP contribution < -0.4 is 0 Å². The van der Waals surface area contributed by atoms with Crippen molar-refractivity contribution in [2.45, 2.75) is 19.3 Å². The molecule has 1 saturated carbocycles. The van der Waals surface area contributed by atoms with E-state index >= 15 is 0 Å². The quantitative estimate of drug-likeness (QED) is 0.913. The highest BCUT2D eigenvalue weighted by Gasteiger charge is 2.59. The van der Waals surface area contributed by atoms with Crippen molar-refractivity contribution in [2.24, 2.45) is 11.3 Å². The Morgan fingerprint density at radius 1 is 1.33 bits per heavy atom. The Bertz CT molecular complexity index is 611. The number of hydrogen-bond acceptors (Lipinski definition) is 2. The van der Waals surface area contributed by atoms with Crippen LogP contribution in [0.15, 0.2) is 18.2 Å². The molecule has 1 heterocycles. The molecule has 1 aliphatic heterocycles. The topological polar surface area (TPSA) is 57.6 Å². The number of carboxylic acids is 1. The minimum Gasteiger partial charge on any atom is -0.481 e. The summed E-state index contributed by atoms with van der Waals surface area (Å²) in [5, 5.41) is 8.90. The summed E-state index contributed by atoms with van der Waals surface area (Å²) in [5.74, 6) is -1.92. The number of aliphatic carboxylic acids is 1. The summed E-state index contributed by atoms with van der Waals surface area (Å²) < 4.78 is 13.4. The molecule has 1 amide bonds. The predicted octanol–water partition coefficient (Wildman–Crippen LogP) is 2.81. The van der Waals surface area contributed by atoms with Crippen molar-refractivity contribution in [1.29, 1.82) is 0 Å². The first-order valence-electron chi connectivity index (χ1n) is 6.91. The zero-order chi connectivity index (χ0) is 15.2. The van der Waals surface area contributed by atoms with E-state index in [1.807, 2.05) is 0 Å². The maximum absolute atomic E-state index is 13.4. The van der Waals surface area contributed by atoms with Gasteiger partial charge in [0.15, 0.2) is 0 Å². The number of carbonyl (C=O) groups excluding carboxylic acids is 1. The van der Waals surface area contributed by atoms with Gasteiger partial charge in [-0.25, -0.2) is 4.39 Å². The Balaban J connectivity index is 1.69. The van der Waals surface area contributed by atoms with Crippen molar-refractivity contribution in [3.63, 3.8) is 0 Å². The van der Waals surface area contributed by atoms with Crippen molar-refractivity contribution in [2.75, 3.05) is 13.1 Å². The van der Waals surface area contributed by atoms with Gasteiger partial charge in [-0.1, -0.05) is 17.7 Å². The number of carbonyl (C=O) groups is 2. The van der Waals surface area contributed by atoms with Crippen molar-refractivity contribution >= 4 is 23.5 Å². The standard InChI is InChI=1S/C15H15ClFNO3/c16-12-9(2-1-3-11(12)17)13(19)18-6-4-15(5-7-18)8-10(15)14(20)21/h1-3,10H,4-8H2,(H,20,21). The second kappa shape index (κ2) is 4.98. The van der Waals surface area contributed by atoms with Crippen LogP contribution in [0.1, 0.15) is 29.6 Å². The fourth-order valence-corrected chi connectivity index (χ4v) is 3.45. The van der Waals surface area contributed by atoms with Gasteiger partial charge in [0.2, 0.25) is 0 Å². The van der Waals surface area contributed by atoms with E-state index in [1.54, 1.807) is 4.90 Å². The van der Waals surface area contributed by atoms with Gasteiger partial charge < -0.3 is 10.0 Å². The van der Waals surface area contributed by atoms with Crippen molar-refractivity contribution in [3.8, 4) is 0 Å². The Labute approximate surface area is 126 Å². The van der Waals surface area contributed by atoms with Crippen molar-refractivity contribution < 1.29 is 19.1 Å². The first kappa shape index (κ1) is 14.3. The molecule has 0 radical (unpaired) electrons. The van der Waals surface area contributed by atoms with Gasteiger partial charge in [0, 0.05) is 13.1 Å². The van der Waals surface area contributed by atoms with Crippen LogP contribution in [0.5, 0.6) is 0 Å². The number of nitrogens with zero attached hydrogens (tertiary/aromatic N) is 1. The second-order valence-electron chi connectivity index (χ2n) is 5.85. The lowest BCUT2D eigenvalue weighted by Gasteiger charge is -2.32. The van der Waals surface area contributed by atoms with Crippen LogP contribution in [0.4, 0.5) is 4.39 Å². The average molecular weight is 312 g/mol. The van der Waals surface area contributed by atoms with Crippen LogP contribution in [-0.4, -0.2) is 35.0 Å². The number of carboxylic acid groups (broad SMARTS) is 1. The summed E-state index contributed by atoms with van der Waals surface area (Å²) in [7, 11) is 0. The maximum atomic E-state index is 13.4. The van der Waals surface area contributed by atoms with Crippen LogP contribution in [-0.2, 0) is 4.79 Å². The molecule has 1 aromatic rings. The predicted molar refractivity (Wildman–Crippen MR) is 74.7 cm³/mol. The van der Waals surface area contributed by atoms with Crippen molar-refractivity contribution in [1.82, 2.24) is 4.90 Å². The fourth-order valence-electron chi connectivity index (χ4n) is 3.24. The Kier molecular flexibility index (Phi) is 3.40. The number of amides is 1. The van der Waals surface area contributed by atoms with E-state index in [4.69, 9.17) is 16.7 Å². The summed E-state index contributed by atoms with van der Waals surface area (Å²) in [5.41, 5.74) is 0.0344. The molecule has 2 aliphatic rings. The van der Waals surface area contributed by atoms with E-state index in [1.165, 1.54) is 18.2 Å². The summed E-state index contributed by atoms with van der Waals surface area (Å²) in [6.07, 6.45) is 2.07. The zero-order valence-corrected chi connectivity index (χ0v) is 12.1. The van der Waals surface area contributed by atoms with Crippen LogP contribution in [0.2, 0.25) is 5.02 Å². The highest BCUT2D eigenvalue weighted by Crippen LogP contribution is 2.59. The molecule has 1 saturated heterocycles. The molecule has 4 nitrogen and oxygen atoms in total. The van der Waals surface area contributed by atoms with Gasteiger partial charge in [-0.2, -0.15) is 0 Å². The third kappa shape index (κ3) is 2.39. The third-order valence-electron chi connectivity index (χ3n) is 4.72. The minimum absolute atomic E-state index is 0.131. The molecule has 1 N–H and O–H groups in total. The lowest BCUT2D eigenvalue weighted by molar-refractivity contribution is -0.139. The fraction of sp³-hybridized carbons (Fsp3) is 0.467. The van der Waals surface area contributed by atoms with Gasteiger partial charge >= 0.3 is 5.97 Å². The van der Waals surface area contributed by atoms with Gasteiger partial charge in [0.05, 0.1) is 16.5 Å². The van der Waals surface area contributed by atoms with E-state index in [2.05, 4.69) is 0 Å². The molecular weight excluding hydrogens is 297 g/mol. The number of likely N-dealkylation sites (tertiary alicyclic amines) is 1. The normalized spacial score (nSPS) is 23.1. The first-order chi connectivity index (χ1) is 9.94. The maximum Gasteiger partial charge on any atom is 0.307 e. The number of halogens is 2. The summed E-state index contributed by atoms with van der Waals surface area (Å²) in [6.45, 7) is 0.991. The molecule has 0 aromatic heterocycles. The van der Waals surface area contributed by atoms with Gasteiger partial charge in [0.25, 0.3) is 5.91 Å². The molecule has 21 heavy (non-hydrogen) atoms. The SMILES string of the molecule is O=C(O)C1CC12CCN(C(=O)c1cccc(F)c1Cl)CC2. The molecule has 1 aliphatic carbocycles. The van der Waals surface area contributed by atoms with Gasteiger partial charge in [-0.3, -0.25) is 9.59 Å². The largest absolute Gasteiger partial charge is 0.481 e. The molecule has 3 rings (SSSR count). The lowest BCUT2D eigenvalue weighted by Crippen LogP contribution is -2.40. The number of rotatable bonds is 2. The summed E-state index contributed by atoms with van der Waals surface area (Å²) >= 11 is 5.84. The number of piperidine rings is 1. The Hall–Kier alpha value is -1.62. The highest BCUT2D eigenvalue weighted by atomic mass is 35.5. The molecule has 0 bridgehead atoms. The van der Waals surface area contributed by atoms with E-state index in [0.717, 1.165) is 0 Å². The van der Waals surface area contributed by atoms with Crippen molar-refractivity contribution in [3.05, 3.63) is 34.6 Å².